The van der Waals surface area contributed by atoms with Crippen molar-refractivity contribution >= 4 is 28.9 Å². The molecular weight excluding hydrogens is 471 g/mol. The molecule has 10 heteroatoms. The summed E-state index contributed by atoms with van der Waals surface area (Å²) in [4.78, 5) is 29.7. The molecule has 0 bridgehead atoms. The minimum absolute atomic E-state index is 0.139. The summed E-state index contributed by atoms with van der Waals surface area (Å²) in [7, 11) is 0. The molecule has 1 aromatic heterocycles. The van der Waals surface area contributed by atoms with E-state index < -0.39 is 23.6 Å². The molecule has 7 nitrogen and oxygen atoms in total. The van der Waals surface area contributed by atoms with Crippen LogP contribution in [-0.2, 0) is 6.18 Å². The molecule has 4 rings (SSSR count). The Labute approximate surface area is 206 Å². The van der Waals surface area contributed by atoms with Crippen LogP contribution in [0.5, 0.6) is 0 Å². The van der Waals surface area contributed by atoms with Crippen molar-refractivity contribution in [1.29, 1.82) is 0 Å². The van der Waals surface area contributed by atoms with Crippen LogP contribution in [0.25, 0.3) is 0 Å². The molecule has 188 valence electrons. The number of nitrogens with zero attached hydrogens (tertiary/aromatic N) is 1. The first-order valence-corrected chi connectivity index (χ1v) is 11.5. The molecule has 0 radical (unpaired) electrons. The third-order valence-corrected chi connectivity index (χ3v) is 5.95. The first kappa shape index (κ1) is 25.2. The van der Waals surface area contributed by atoms with E-state index in [4.69, 9.17) is 0 Å². The quantitative estimate of drug-likeness (QED) is 0.371. The van der Waals surface area contributed by atoms with E-state index >= 15 is 0 Å². The van der Waals surface area contributed by atoms with Gasteiger partial charge in [-0.25, -0.2) is 0 Å². The Balaban J connectivity index is 1.43. The van der Waals surface area contributed by atoms with Crippen molar-refractivity contribution in [3.63, 3.8) is 0 Å². The number of alkyl halides is 3. The molecule has 1 fully saturated rings. The largest absolute Gasteiger partial charge is 0.416 e. The lowest BCUT2D eigenvalue weighted by atomic mass is 10.1. The Bertz CT molecular complexity index is 1260. The number of carbonyl (C=O) groups excluding carboxylic acids is 2. The van der Waals surface area contributed by atoms with Gasteiger partial charge in [-0.3, -0.25) is 14.6 Å². The fourth-order valence-corrected chi connectivity index (χ4v) is 3.94. The van der Waals surface area contributed by atoms with Gasteiger partial charge in [-0.15, -0.1) is 0 Å². The summed E-state index contributed by atoms with van der Waals surface area (Å²) >= 11 is 0. The third-order valence-electron chi connectivity index (χ3n) is 5.95. The molecule has 2 heterocycles. The van der Waals surface area contributed by atoms with E-state index in [-0.39, 0.29) is 11.3 Å². The highest BCUT2D eigenvalue weighted by Crippen LogP contribution is 2.30. The molecule has 2 aromatic carbocycles. The van der Waals surface area contributed by atoms with Crippen LogP contribution in [0, 0.1) is 12.8 Å². The van der Waals surface area contributed by atoms with Crippen LogP contribution in [0.3, 0.4) is 0 Å². The Morgan fingerprint density at radius 3 is 2.53 bits per heavy atom. The predicted octanol–water partition coefficient (Wildman–Crippen LogP) is 4.93. The Hall–Kier alpha value is -3.92. The Morgan fingerprint density at radius 1 is 1.00 bits per heavy atom. The van der Waals surface area contributed by atoms with Crippen molar-refractivity contribution in [3.8, 4) is 0 Å². The summed E-state index contributed by atoms with van der Waals surface area (Å²) in [6, 6.07) is 10.7. The van der Waals surface area contributed by atoms with Gasteiger partial charge in [-0.2, -0.15) is 13.2 Å². The van der Waals surface area contributed by atoms with E-state index in [1.165, 1.54) is 24.4 Å². The maximum atomic E-state index is 13.0. The third kappa shape index (κ3) is 6.39. The van der Waals surface area contributed by atoms with Gasteiger partial charge in [-0.1, -0.05) is 12.1 Å². The average Bonchev–Trinajstić information content (AvgIpc) is 3.37. The molecule has 1 aliphatic heterocycles. The SMILES string of the molecule is Cc1ccc(NC(=O)c2cccc(C(F)(F)F)c2)cc1C(=O)Nc1cncc(NCC2CCNC2)c1. The van der Waals surface area contributed by atoms with Crippen LogP contribution < -0.4 is 21.3 Å². The number of aryl methyl sites for hydroxylation is 1. The van der Waals surface area contributed by atoms with Crippen molar-refractivity contribution in [3.05, 3.63) is 83.2 Å². The molecular formula is C26H26F3N5O2. The number of pyridine rings is 1. The zero-order valence-electron chi connectivity index (χ0n) is 19.6. The predicted molar refractivity (Wildman–Crippen MR) is 132 cm³/mol. The number of rotatable bonds is 7. The van der Waals surface area contributed by atoms with Crippen LogP contribution in [0.2, 0.25) is 0 Å². The fraction of sp³-hybridized carbons (Fsp3) is 0.269. The van der Waals surface area contributed by atoms with Crippen LogP contribution in [0.4, 0.5) is 30.2 Å². The van der Waals surface area contributed by atoms with Gasteiger partial charge >= 0.3 is 6.18 Å². The number of hydrogen-bond acceptors (Lipinski definition) is 5. The number of nitrogens with one attached hydrogen (secondary N) is 4. The standard InChI is InChI=1S/C26H26F3N5O2/c1-16-5-6-20(33-24(35)18-3-2-4-19(9-18)26(27,28)29)11-23(16)25(36)34-22-10-21(14-31-15-22)32-13-17-7-8-30-12-17/h2-6,9-11,14-15,17,30,32H,7-8,12-13H2,1H3,(H,33,35)(H,34,36). The van der Waals surface area contributed by atoms with E-state index in [0.717, 1.165) is 43.9 Å². The van der Waals surface area contributed by atoms with E-state index in [1.807, 2.05) is 0 Å². The van der Waals surface area contributed by atoms with Crippen molar-refractivity contribution in [2.24, 2.45) is 5.92 Å². The molecule has 36 heavy (non-hydrogen) atoms. The number of aromatic nitrogens is 1. The summed E-state index contributed by atoms with van der Waals surface area (Å²) in [5.41, 5.74) is 1.51. The van der Waals surface area contributed by atoms with Gasteiger partial charge in [0.05, 0.1) is 29.3 Å². The molecule has 3 aromatic rings. The molecule has 4 N–H and O–H groups in total. The van der Waals surface area contributed by atoms with E-state index in [9.17, 15) is 22.8 Å². The van der Waals surface area contributed by atoms with Gasteiger partial charge in [-0.05, 0) is 74.3 Å². The highest BCUT2D eigenvalue weighted by atomic mass is 19.4. The van der Waals surface area contributed by atoms with Crippen molar-refractivity contribution in [1.82, 2.24) is 10.3 Å². The molecule has 2 amide bonds. The van der Waals surface area contributed by atoms with Crippen LogP contribution in [0.1, 0.15) is 38.3 Å². The molecule has 1 unspecified atom stereocenters. The molecule has 0 aliphatic carbocycles. The zero-order chi connectivity index (χ0) is 25.7. The number of anilines is 3. The molecule has 1 aliphatic rings. The Morgan fingerprint density at radius 2 is 1.78 bits per heavy atom. The highest BCUT2D eigenvalue weighted by Gasteiger charge is 2.31. The smallest absolute Gasteiger partial charge is 0.383 e. The molecule has 0 saturated carbocycles. The summed E-state index contributed by atoms with van der Waals surface area (Å²) < 4.78 is 38.9. The lowest BCUT2D eigenvalue weighted by molar-refractivity contribution is -0.137. The van der Waals surface area contributed by atoms with Crippen molar-refractivity contribution in [2.45, 2.75) is 19.5 Å². The maximum absolute atomic E-state index is 13.0. The van der Waals surface area contributed by atoms with E-state index in [1.54, 1.807) is 31.3 Å². The topological polar surface area (TPSA) is 95.2 Å². The molecule has 1 atom stereocenters. The first-order valence-electron chi connectivity index (χ1n) is 11.5. The lowest BCUT2D eigenvalue weighted by Gasteiger charge is -2.13. The molecule has 1 saturated heterocycles. The maximum Gasteiger partial charge on any atom is 0.416 e. The van der Waals surface area contributed by atoms with Crippen LogP contribution >= 0.6 is 0 Å². The number of halogens is 3. The Kier molecular flexibility index (Phi) is 7.54. The van der Waals surface area contributed by atoms with Crippen molar-refractivity contribution < 1.29 is 22.8 Å². The van der Waals surface area contributed by atoms with Gasteiger partial charge in [0.1, 0.15) is 0 Å². The van der Waals surface area contributed by atoms with Gasteiger partial charge in [0.2, 0.25) is 0 Å². The monoisotopic (exact) mass is 497 g/mol. The number of carbonyl (C=O) groups is 2. The van der Waals surface area contributed by atoms with Gasteiger partial charge in [0.15, 0.2) is 0 Å². The van der Waals surface area contributed by atoms with Crippen molar-refractivity contribution in [2.75, 3.05) is 35.6 Å². The van der Waals surface area contributed by atoms with Gasteiger partial charge < -0.3 is 21.3 Å². The second-order valence-electron chi connectivity index (χ2n) is 8.72. The zero-order valence-corrected chi connectivity index (χ0v) is 19.6. The molecule has 0 spiro atoms. The van der Waals surface area contributed by atoms with Gasteiger partial charge in [0, 0.05) is 23.4 Å². The second kappa shape index (κ2) is 10.8. The minimum Gasteiger partial charge on any atom is -0.383 e. The van der Waals surface area contributed by atoms with Gasteiger partial charge in [0.25, 0.3) is 11.8 Å². The summed E-state index contributed by atoms with van der Waals surface area (Å²) in [6.45, 7) is 4.54. The average molecular weight is 498 g/mol. The van der Waals surface area contributed by atoms with E-state index in [2.05, 4.69) is 26.3 Å². The van der Waals surface area contributed by atoms with Crippen LogP contribution in [-0.4, -0.2) is 36.4 Å². The summed E-state index contributed by atoms with van der Waals surface area (Å²) in [5.74, 6) is -0.571. The lowest BCUT2D eigenvalue weighted by Crippen LogP contribution is -2.18. The second-order valence-corrected chi connectivity index (χ2v) is 8.72. The van der Waals surface area contributed by atoms with E-state index in [0.29, 0.717) is 22.7 Å². The minimum atomic E-state index is -4.55. The number of benzene rings is 2. The number of hydrogen-bond donors (Lipinski definition) is 4. The first-order chi connectivity index (χ1) is 17.2. The fourth-order valence-electron chi connectivity index (χ4n) is 3.94. The summed E-state index contributed by atoms with van der Waals surface area (Å²) in [6.07, 6.45) is -0.223. The van der Waals surface area contributed by atoms with Crippen LogP contribution in [0.15, 0.2) is 60.9 Å². The summed E-state index contributed by atoms with van der Waals surface area (Å²) in [5, 5.41) is 12.0. The normalized spacial score (nSPS) is 15.4. The number of amides is 2. The highest BCUT2D eigenvalue weighted by molar-refractivity contribution is 6.08.